The minimum Gasteiger partial charge on any atom is -0.439 e. The number of benzene rings is 1. The standard InChI is InChI=1S/C15H16N4O2/c1-2-16-13-8-15(18-9-17-13)21-11-4-5-12-10(7-11)3-6-14(20)19-12/h4-5,7-9H,2-3,6H2,1H3,(H,19,20)(H,16,17,18). The van der Waals surface area contributed by atoms with Gasteiger partial charge in [0.05, 0.1) is 0 Å². The molecule has 0 fully saturated rings. The second kappa shape index (κ2) is 5.78. The molecule has 0 spiro atoms. The zero-order valence-electron chi connectivity index (χ0n) is 11.7. The number of amides is 1. The molecular formula is C15H16N4O2. The van der Waals surface area contributed by atoms with E-state index in [0.717, 1.165) is 30.0 Å². The van der Waals surface area contributed by atoms with Crippen LogP contribution in [0.15, 0.2) is 30.6 Å². The molecule has 0 saturated heterocycles. The average Bonchev–Trinajstić information content (AvgIpc) is 2.48. The Labute approximate surface area is 122 Å². The van der Waals surface area contributed by atoms with Crippen molar-refractivity contribution < 1.29 is 9.53 Å². The summed E-state index contributed by atoms with van der Waals surface area (Å²) in [6.45, 7) is 2.79. The van der Waals surface area contributed by atoms with Crippen molar-refractivity contribution in [1.82, 2.24) is 9.97 Å². The summed E-state index contributed by atoms with van der Waals surface area (Å²) in [6.07, 6.45) is 2.70. The molecule has 0 atom stereocenters. The third-order valence-corrected chi connectivity index (χ3v) is 3.19. The molecule has 6 heteroatoms. The first-order valence-electron chi connectivity index (χ1n) is 6.91. The summed E-state index contributed by atoms with van der Waals surface area (Å²) in [6, 6.07) is 7.36. The number of fused-ring (bicyclic) bond motifs is 1. The number of anilines is 2. The molecule has 2 N–H and O–H groups in total. The molecule has 2 aromatic rings. The molecule has 6 nitrogen and oxygen atoms in total. The molecule has 0 aliphatic carbocycles. The van der Waals surface area contributed by atoms with Crippen molar-refractivity contribution in [1.29, 1.82) is 0 Å². The highest BCUT2D eigenvalue weighted by molar-refractivity contribution is 5.94. The predicted octanol–water partition coefficient (Wildman–Crippen LogP) is 2.59. The van der Waals surface area contributed by atoms with Crippen LogP contribution in [0.1, 0.15) is 18.9 Å². The Balaban J connectivity index is 1.79. The summed E-state index contributed by atoms with van der Waals surface area (Å²) in [5.74, 6) is 1.97. The number of ether oxygens (including phenoxy) is 1. The number of aromatic nitrogens is 2. The molecule has 1 aromatic carbocycles. The molecule has 0 saturated carbocycles. The molecule has 1 aliphatic rings. The molecule has 0 bridgehead atoms. The van der Waals surface area contributed by atoms with Gasteiger partial charge in [0.2, 0.25) is 11.8 Å². The van der Waals surface area contributed by atoms with Crippen molar-refractivity contribution in [2.45, 2.75) is 19.8 Å². The maximum absolute atomic E-state index is 11.3. The lowest BCUT2D eigenvalue weighted by molar-refractivity contribution is -0.116. The Bertz CT molecular complexity index is 672. The molecule has 1 amide bonds. The monoisotopic (exact) mass is 284 g/mol. The van der Waals surface area contributed by atoms with Crippen molar-refractivity contribution in [2.24, 2.45) is 0 Å². The topological polar surface area (TPSA) is 76.1 Å². The Morgan fingerprint density at radius 3 is 3.05 bits per heavy atom. The largest absolute Gasteiger partial charge is 0.439 e. The average molecular weight is 284 g/mol. The van der Waals surface area contributed by atoms with E-state index in [4.69, 9.17) is 4.74 Å². The number of rotatable bonds is 4. The smallest absolute Gasteiger partial charge is 0.224 e. The first-order chi connectivity index (χ1) is 10.2. The minimum atomic E-state index is 0.0576. The Morgan fingerprint density at radius 1 is 1.29 bits per heavy atom. The van der Waals surface area contributed by atoms with Gasteiger partial charge in [0.25, 0.3) is 0 Å². The van der Waals surface area contributed by atoms with Gasteiger partial charge in [-0.05, 0) is 37.1 Å². The molecule has 1 aromatic heterocycles. The Hall–Kier alpha value is -2.63. The van der Waals surface area contributed by atoms with Gasteiger partial charge in [-0.3, -0.25) is 4.79 Å². The second-order valence-corrected chi connectivity index (χ2v) is 4.74. The van der Waals surface area contributed by atoms with E-state index in [0.29, 0.717) is 18.1 Å². The number of carbonyl (C=O) groups excluding carboxylic acids is 1. The second-order valence-electron chi connectivity index (χ2n) is 4.74. The van der Waals surface area contributed by atoms with Crippen LogP contribution in [0.25, 0.3) is 0 Å². The van der Waals surface area contributed by atoms with Gasteiger partial charge < -0.3 is 15.4 Å². The maximum atomic E-state index is 11.3. The van der Waals surface area contributed by atoms with E-state index in [9.17, 15) is 4.79 Å². The van der Waals surface area contributed by atoms with E-state index >= 15 is 0 Å². The van der Waals surface area contributed by atoms with Crippen LogP contribution >= 0.6 is 0 Å². The lowest BCUT2D eigenvalue weighted by atomic mass is 10.0. The summed E-state index contributed by atoms with van der Waals surface area (Å²) in [4.78, 5) is 19.5. The molecule has 3 rings (SSSR count). The summed E-state index contributed by atoms with van der Waals surface area (Å²) < 4.78 is 5.75. The molecule has 0 unspecified atom stereocenters. The highest BCUT2D eigenvalue weighted by Gasteiger charge is 2.15. The number of nitrogens with zero attached hydrogens (tertiary/aromatic N) is 2. The normalized spacial score (nSPS) is 13.3. The predicted molar refractivity (Wildman–Crippen MR) is 79.7 cm³/mol. The fourth-order valence-electron chi connectivity index (χ4n) is 2.22. The van der Waals surface area contributed by atoms with Crippen LogP contribution in [-0.4, -0.2) is 22.4 Å². The van der Waals surface area contributed by atoms with Gasteiger partial charge in [0.15, 0.2) is 0 Å². The van der Waals surface area contributed by atoms with Crippen LogP contribution in [0.5, 0.6) is 11.6 Å². The number of hydrogen-bond acceptors (Lipinski definition) is 5. The lowest BCUT2D eigenvalue weighted by Gasteiger charge is -2.17. The van der Waals surface area contributed by atoms with Crippen LogP contribution in [-0.2, 0) is 11.2 Å². The van der Waals surface area contributed by atoms with Crippen molar-refractivity contribution in [3.05, 3.63) is 36.2 Å². The van der Waals surface area contributed by atoms with E-state index in [-0.39, 0.29) is 5.91 Å². The first-order valence-corrected chi connectivity index (χ1v) is 6.91. The van der Waals surface area contributed by atoms with Gasteiger partial charge >= 0.3 is 0 Å². The fraction of sp³-hybridized carbons (Fsp3) is 0.267. The van der Waals surface area contributed by atoms with Gasteiger partial charge in [-0.25, -0.2) is 9.97 Å². The SMILES string of the molecule is CCNc1cc(Oc2ccc3c(c2)CCC(=O)N3)ncn1. The quantitative estimate of drug-likeness (QED) is 0.902. The van der Waals surface area contributed by atoms with Crippen molar-refractivity contribution >= 4 is 17.4 Å². The van der Waals surface area contributed by atoms with E-state index in [1.165, 1.54) is 6.33 Å². The molecule has 0 radical (unpaired) electrons. The molecule has 1 aliphatic heterocycles. The van der Waals surface area contributed by atoms with Crippen molar-refractivity contribution in [3.8, 4) is 11.6 Å². The highest BCUT2D eigenvalue weighted by Crippen LogP contribution is 2.29. The van der Waals surface area contributed by atoms with E-state index in [1.807, 2.05) is 25.1 Å². The van der Waals surface area contributed by atoms with Crippen LogP contribution in [0, 0.1) is 0 Å². The summed E-state index contributed by atoms with van der Waals surface area (Å²) in [5, 5.41) is 5.96. The maximum Gasteiger partial charge on any atom is 0.224 e. The van der Waals surface area contributed by atoms with Crippen molar-refractivity contribution in [3.63, 3.8) is 0 Å². The summed E-state index contributed by atoms with van der Waals surface area (Å²) >= 11 is 0. The third-order valence-electron chi connectivity index (χ3n) is 3.19. The first kappa shape index (κ1) is 13.4. The fourth-order valence-corrected chi connectivity index (χ4v) is 2.22. The molecule has 2 heterocycles. The number of nitrogens with one attached hydrogen (secondary N) is 2. The van der Waals surface area contributed by atoms with E-state index in [2.05, 4.69) is 20.6 Å². The summed E-state index contributed by atoms with van der Waals surface area (Å²) in [7, 11) is 0. The zero-order chi connectivity index (χ0) is 14.7. The van der Waals surface area contributed by atoms with Gasteiger partial charge in [0, 0.05) is 24.7 Å². The zero-order valence-corrected chi connectivity index (χ0v) is 11.7. The van der Waals surface area contributed by atoms with Crippen LogP contribution in [0.2, 0.25) is 0 Å². The lowest BCUT2D eigenvalue weighted by Crippen LogP contribution is -2.18. The van der Waals surface area contributed by atoms with E-state index in [1.54, 1.807) is 6.07 Å². The van der Waals surface area contributed by atoms with E-state index < -0.39 is 0 Å². The highest BCUT2D eigenvalue weighted by atomic mass is 16.5. The van der Waals surface area contributed by atoms with Crippen molar-refractivity contribution in [2.75, 3.05) is 17.2 Å². The number of carbonyl (C=O) groups is 1. The van der Waals surface area contributed by atoms with Gasteiger partial charge in [-0.1, -0.05) is 0 Å². The number of hydrogen-bond donors (Lipinski definition) is 2. The third kappa shape index (κ3) is 3.10. The molecular weight excluding hydrogens is 268 g/mol. The van der Waals surface area contributed by atoms with Gasteiger partial charge in [-0.2, -0.15) is 0 Å². The molecule has 21 heavy (non-hydrogen) atoms. The Morgan fingerprint density at radius 2 is 2.19 bits per heavy atom. The van der Waals surface area contributed by atoms with Gasteiger partial charge in [0.1, 0.15) is 17.9 Å². The van der Waals surface area contributed by atoms with Gasteiger partial charge in [-0.15, -0.1) is 0 Å². The molecule has 108 valence electrons. The van der Waals surface area contributed by atoms with Crippen LogP contribution < -0.4 is 15.4 Å². The Kier molecular flexibility index (Phi) is 3.68. The number of aryl methyl sites for hydroxylation is 1. The summed E-state index contributed by atoms with van der Waals surface area (Å²) in [5.41, 5.74) is 1.93. The van der Waals surface area contributed by atoms with Crippen LogP contribution in [0.4, 0.5) is 11.5 Å². The minimum absolute atomic E-state index is 0.0576. The van der Waals surface area contributed by atoms with Crippen LogP contribution in [0.3, 0.4) is 0 Å².